The molecule has 0 atom stereocenters. The van der Waals surface area contributed by atoms with Gasteiger partial charge >= 0.3 is 5.97 Å². The Balaban J connectivity index is 1.68. The summed E-state index contributed by atoms with van der Waals surface area (Å²) < 4.78 is 16.5. The van der Waals surface area contributed by atoms with Crippen LogP contribution in [0.3, 0.4) is 0 Å². The lowest BCUT2D eigenvalue weighted by molar-refractivity contribution is 0.0600. The van der Waals surface area contributed by atoms with Gasteiger partial charge in [-0.2, -0.15) is 0 Å². The smallest absolute Gasteiger partial charge is 0.337 e. The van der Waals surface area contributed by atoms with Crippen molar-refractivity contribution in [3.05, 3.63) is 70.5 Å². The third-order valence-electron chi connectivity index (χ3n) is 3.30. The van der Waals surface area contributed by atoms with Crippen molar-refractivity contribution < 1.29 is 18.7 Å². The molecule has 24 heavy (non-hydrogen) atoms. The van der Waals surface area contributed by atoms with Crippen molar-refractivity contribution in [2.24, 2.45) is 0 Å². The van der Waals surface area contributed by atoms with E-state index in [1.54, 1.807) is 24.5 Å². The fraction of sp³-hybridized carbons (Fsp3) is 0.111. The molecule has 0 aliphatic carbocycles. The van der Waals surface area contributed by atoms with E-state index in [0.29, 0.717) is 27.4 Å². The number of aromatic nitrogens is 1. The van der Waals surface area contributed by atoms with Crippen LogP contribution in [0.15, 0.2) is 63.7 Å². The molecule has 0 fully saturated rings. The van der Waals surface area contributed by atoms with Crippen molar-refractivity contribution in [1.29, 1.82) is 0 Å². The van der Waals surface area contributed by atoms with E-state index < -0.39 is 5.97 Å². The van der Waals surface area contributed by atoms with Crippen molar-refractivity contribution in [1.82, 2.24) is 4.98 Å². The fourth-order valence-electron chi connectivity index (χ4n) is 2.10. The maximum Gasteiger partial charge on any atom is 0.337 e. The molecule has 0 unspecified atom stereocenters. The quantitative estimate of drug-likeness (QED) is 0.604. The molecule has 122 valence electrons. The van der Waals surface area contributed by atoms with E-state index in [1.165, 1.54) is 7.11 Å². The zero-order chi connectivity index (χ0) is 16.9. The molecule has 1 aromatic heterocycles. The van der Waals surface area contributed by atoms with Crippen molar-refractivity contribution >= 4 is 21.9 Å². The Labute approximate surface area is 147 Å². The second kappa shape index (κ2) is 7.31. The Morgan fingerprint density at radius 2 is 2.00 bits per heavy atom. The molecule has 0 saturated heterocycles. The van der Waals surface area contributed by atoms with Gasteiger partial charge in [0.25, 0.3) is 0 Å². The molecule has 0 aliphatic heterocycles. The third kappa shape index (κ3) is 3.65. The van der Waals surface area contributed by atoms with Crippen LogP contribution in [0.4, 0.5) is 0 Å². The molecule has 6 heteroatoms. The molecule has 0 saturated carbocycles. The number of benzene rings is 2. The molecule has 3 aromatic rings. The average molecular weight is 388 g/mol. The summed E-state index contributed by atoms with van der Waals surface area (Å²) in [5.74, 6) is 0.757. The Hall–Kier alpha value is -2.60. The van der Waals surface area contributed by atoms with Crippen molar-refractivity contribution in [2.45, 2.75) is 6.61 Å². The van der Waals surface area contributed by atoms with Crippen LogP contribution in [-0.2, 0) is 11.3 Å². The predicted molar refractivity (Wildman–Crippen MR) is 91.8 cm³/mol. The molecule has 0 spiro atoms. The van der Waals surface area contributed by atoms with E-state index in [0.717, 1.165) is 5.56 Å². The van der Waals surface area contributed by atoms with Gasteiger partial charge in [-0.05, 0) is 46.3 Å². The number of hydrogen-bond donors (Lipinski definition) is 0. The summed E-state index contributed by atoms with van der Waals surface area (Å²) in [5, 5.41) is 0. The van der Waals surface area contributed by atoms with Crippen LogP contribution in [0.2, 0.25) is 0 Å². The Morgan fingerprint density at radius 3 is 2.71 bits per heavy atom. The molecular weight excluding hydrogens is 374 g/mol. The summed E-state index contributed by atoms with van der Waals surface area (Å²) >= 11 is 3.38. The maximum atomic E-state index is 11.5. The predicted octanol–water partition coefficient (Wildman–Crippen LogP) is 4.47. The summed E-state index contributed by atoms with van der Waals surface area (Å²) in [6.45, 7) is 0.256. The van der Waals surface area contributed by atoms with Crippen molar-refractivity contribution in [3.63, 3.8) is 0 Å². The Bertz CT molecular complexity index is 845. The minimum atomic E-state index is -0.397. The van der Waals surface area contributed by atoms with Crippen LogP contribution in [-0.4, -0.2) is 18.1 Å². The molecule has 0 bridgehead atoms. The minimum absolute atomic E-state index is 0.256. The average Bonchev–Trinajstić information content (AvgIpc) is 3.09. The summed E-state index contributed by atoms with van der Waals surface area (Å²) in [5.41, 5.74) is 2.04. The molecule has 0 amide bonds. The fourth-order valence-corrected chi connectivity index (χ4v) is 2.59. The Morgan fingerprint density at radius 1 is 1.21 bits per heavy atom. The number of oxazole rings is 1. The number of carbonyl (C=O) groups excluding carboxylic acids is 1. The normalized spacial score (nSPS) is 10.4. The monoisotopic (exact) mass is 387 g/mol. The number of ether oxygens (including phenoxy) is 2. The second-order valence-electron chi connectivity index (χ2n) is 4.94. The first kappa shape index (κ1) is 16.3. The number of rotatable bonds is 5. The number of nitrogens with zero attached hydrogens (tertiary/aromatic N) is 1. The number of esters is 1. The van der Waals surface area contributed by atoms with Crippen LogP contribution >= 0.6 is 15.9 Å². The number of methoxy groups -OCH3 is 1. The summed E-state index contributed by atoms with van der Waals surface area (Å²) in [6.07, 6.45) is 1.57. The van der Waals surface area contributed by atoms with Crippen LogP contribution in [0.1, 0.15) is 16.1 Å². The highest BCUT2D eigenvalue weighted by Gasteiger charge is 2.11. The minimum Gasteiger partial charge on any atom is -0.486 e. The third-order valence-corrected chi connectivity index (χ3v) is 3.92. The van der Waals surface area contributed by atoms with Gasteiger partial charge in [-0.1, -0.05) is 18.2 Å². The lowest BCUT2D eigenvalue weighted by Crippen LogP contribution is -2.02. The lowest BCUT2D eigenvalue weighted by Gasteiger charge is -2.07. The first-order valence-electron chi connectivity index (χ1n) is 7.18. The van der Waals surface area contributed by atoms with Gasteiger partial charge in [0, 0.05) is 5.56 Å². The van der Waals surface area contributed by atoms with Gasteiger partial charge in [-0.25, -0.2) is 9.78 Å². The van der Waals surface area contributed by atoms with E-state index in [1.807, 2.05) is 30.3 Å². The van der Waals surface area contributed by atoms with Gasteiger partial charge in [-0.15, -0.1) is 0 Å². The number of carbonyl (C=O) groups is 1. The maximum absolute atomic E-state index is 11.5. The molecule has 1 heterocycles. The SMILES string of the molecule is COC(=O)c1ccc(OCc2coc(-c3ccccc3)n2)c(Br)c1. The molecule has 3 rings (SSSR count). The van der Waals surface area contributed by atoms with E-state index in [-0.39, 0.29) is 6.61 Å². The molecule has 0 N–H and O–H groups in total. The van der Waals surface area contributed by atoms with E-state index in [2.05, 4.69) is 25.7 Å². The van der Waals surface area contributed by atoms with Crippen molar-refractivity contribution in [3.8, 4) is 17.2 Å². The van der Waals surface area contributed by atoms with Crippen LogP contribution in [0.25, 0.3) is 11.5 Å². The van der Waals surface area contributed by atoms with E-state index >= 15 is 0 Å². The van der Waals surface area contributed by atoms with Gasteiger partial charge in [0.2, 0.25) is 5.89 Å². The van der Waals surface area contributed by atoms with Gasteiger partial charge in [0.1, 0.15) is 24.3 Å². The number of hydrogen-bond acceptors (Lipinski definition) is 5. The second-order valence-corrected chi connectivity index (χ2v) is 5.79. The largest absolute Gasteiger partial charge is 0.486 e. The van der Waals surface area contributed by atoms with Gasteiger partial charge in [-0.3, -0.25) is 0 Å². The van der Waals surface area contributed by atoms with Crippen LogP contribution in [0.5, 0.6) is 5.75 Å². The lowest BCUT2D eigenvalue weighted by atomic mass is 10.2. The zero-order valence-corrected chi connectivity index (χ0v) is 14.4. The molecule has 0 radical (unpaired) electrons. The van der Waals surface area contributed by atoms with Gasteiger partial charge in [0.05, 0.1) is 17.1 Å². The zero-order valence-electron chi connectivity index (χ0n) is 12.9. The van der Waals surface area contributed by atoms with Crippen molar-refractivity contribution in [2.75, 3.05) is 7.11 Å². The highest BCUT2D eigenvalue weighted by atomic mass is 79.9. The molecule has 5 nitrogen and oxygen atoms in total. The van der Waals surface area contributed by atoms with Crippen LogP contribution in [0, 0.1) is 0 Å². The summed E-state index contributed by atoms with van der Waals surface area (Å²) in [6, 6.07) is 14.6. The number of halogens is 1. The first-order valence-corrected chi connectivity index (χ1v) is 7.97. The molecular formula is C18H14BrNO4. The standard InChI is InChI=1S/C18H14BrNO4/c1-22-18(21)13-7-8-16(15(19)9-13)23-10-14-11-24-17(20-14)12-5-3-2-4-6-12/h2-9,11H,10H2,1H3. The highest BCUT2D eigenvalue weighted by molar-refractivity contribution is 9.10. The van der Waals surface area contributed by atoms with Gasteiger partial charge < -0.3 is 13.9 Å². The molecule has 0 aliphatic rings. The summed E-state index contributed by atoms with van der Waals surface area (Å²) in [7, 11) is 1.34. The highest BCUT2D eigenvalue weighted by Crippen LogP contribution is 2.27. The van der Waals surface area contributed by atoms with Gasteiger partial charge in [0.15, 0.2) is 0 Å². The molecule has 2 aromatic carbocycles. The Kier molecular flexibility index (Phi) is 4.96. The topological polar surface area (TPSA) is 61.6 Å². The van der Waals surface area contributed by atoms with E-state index in [4.69, 9.17) is 9.15 Å². The van der Waals surface area contributed by atoms with E-state index in [9.17, 15) is 4.79 Å². The summed E-state index contributed by atoms with van der Waals surface area (Å²) in [4.78, 5) is 15.9. The van der Waals surface area contributed by atoms with Crippen LogP contribution < -0.4 is 4.74 Å². The first-order chi connectivity index (χ1) is 11.7.